The molecule has 0 spiro atoms. The van der Waals surface area contributed by atoms with Crippen molar-refractivity contribution < 1.29 is 0 Å². The zero-order valence-electron chi connectivity index (χ0n) is 7.20. The Morgan fingerprint density at radius 3 is 1.64 bits per heavy atom. The van der Waals surface area contributed by atoms with Crippen LogP contribution in [0.1, 0.15) is 11.1 Å². The van der Waals surface area contributed by atoms with Gasteiger partial charge in [-0.1, -0.05) is 0 Å². The Bertz CT molecular complexity index is 309. The summed E-state index contributed by atoms with van der Waals surface area (Å²) in [6.45, 7) is 0. The number of rotatable bonds is 2. The zero-order valence-corrected chi connectivity index (χ0v) is 8.84. The van der Waals surface area contributed by atoms with E-state index < -0.39 is 0 Å². The van der Waals surface area contributed by atoms with Crippen LogP contribution in [-0.2, 0) is 0 Å². The summed E-state index contributed by atoms with van der Waals surface area (Å²) in [6, 6.07) is 7.49. The fourth-order valence-electron chi connectivity index (χ4n) is 0.783. The molecule has 0 bridgehead atoms. The average molecular weight is 234 g/mol. The molecule has 1 aromatic rings. The maximum atomic E-state index is 7.12. The van der Waals surface area contributed by atoms with Crippen LogP contribution in [0.25, 0.3) is 0 Å². The van der Waals surface area contributed by atoms with E-state index in [9.17, 15) is 0 Å². The van der Waals surface area contributed by atoms with Crippen molar-refractivity contribution in [1.82, 2.24) is 0 Å². The van der Waals surface area contributed by atoms with Crippen LogP contribution in [0, 0.1) is 16.9 Å². The molecule has 4 nitrogen and oxygen atoms in total. The summed E-state index contributed by atoms with van der Waals surface area (Å²) < 4.78 is 0. The lowest BCUT2D eigenvalue weighted by molar-refractivity contribution is 1.39. The number of halogens is 2. The van der Waals surface area contributed by atoms with Crippen LogP contribution < -0.4 is 11.5 Å². The molecule has 6 N–H and O–H groups in total. The Labute approximate surface area is 94.5 Å². The molecule has 0 aliphatic rings. The summed E-state index contributed by atoms with van der Waals surface area (Å²) in [6.07, 6.45) is 0. The molecule has 0 saturated carbocycles. The molecule has 0 aliphatic carbocycles. The first-order valence-corrected chi connectivity index (χ1v) is 3.31. The highest BCUT2D eigenvalue weighted by Crippen LogP contribution is 2.02. The molecule has 0 atom stereocenters. The molecule has 0 aromatic heterocycles. The fraction of sp³-hybridized carbons (Fsp3) is 0. The van der Waals surface area contributed by atoms with Gasteiger partial charge >= 0.3 is 0 Å². The third-order valence-electron chi connectivity index (χ3n) is 1.41. The van der Waals surface area contributed by atoms with E-state index >= 15 is 0 Å². The Morgan fingerprint density at radius 1 is 1.00 bits per heavy atom. The molecular formula is C8H11Cl2N4. The normalized spacial score (nSPS) is 8.00. The van der Waals surface area contributed by atoms with Crippen molar-refractivity contribution in [2.24, 2.45) is 11.5 Å². The number of benzene rings is 1. The first kappa shape index (κ1) is 15.2. The Balaban J connectivity index is 0. The van der Waals surface area contributed by atoms with Crippen LogP contribution in [0.15, 0.2) is 18.2 Å². The standard InChI is InChI=1S/C8H9N4.2ClH/c9-7(10)5-2-1-3-6(4-5)8(11)12;;/h2-4H,(H3,9,10)(H3,11,12);2*1H. The van der Waals surface area contributed by atoms with Gasteiger partial charge in [-0.15, -0.1) is 24.8 Å². The highest BCUT2D eigenvalue weighted by molar-refractivity contribution is 6.00. The molecule has 1 rings (SSSR count). The maximum absolute atomic E-state index is 7.12. The second kappa shape index (κ2) is 6.23. The minimum Gasteiger partial charge on any atom is -0.384 e. The van der Waals surface area contributed by atoms with Crippen molar-refractivity contribution in [3.05, 3.63) is 35.4 Å². The summed E-state index contributed by atoms with van der Waals surface area (Å²) in [5, 5.41) is 14.2. The van der Waals surface area contributed by atoms with Crippen molar-refractivity contribution in [3.8, 4) is 0 Å². The number of amidine groups is 2. The van der Waals surface area contributed by atoms with Gasteiger partial charge < -0.3 is 11.5 Å². The van der Waals surface area contributed by atoms with Crippen LogP contribution in [0.5, 0.6) is 0 Å². The first-order chi connectivity index (χ1) is 5.61. The molecule has 6 heteroatoms. The highest BCUT2D eigenvalue weighted by Gasteiger charge is 1.99. The number of nitrogens with two attached hydrogens (primary N) is 2. The number of nitrogens with one attached hydrogen (secondary N) is 2. The van der Waals surface area contributed by atoms with Gasteiger partial charge in [0.05, 0.1) is 0 Å². The van der Waals surface area contributed by atoms with Gasteiger partial charge in [0.25, 0.3) is 0 Å². The highest BCUT2D eigenvalue weighted by atomic mass is 35.5. The SMILES string of the molecule is Cl.Cl.N=C(N)c1c[c]cc(C(=N)N)c1. The third kappa shape index (κ3) is 3.64. The van der Waals surface area contributed by atoms with Gasteiger partial charge in [-0.3, -0.25) is 10.8 Å². The van der Waals surface area contributed by atoms with Gasteiger partial charge in [0.2, 0.25) is 0 Å². The van der Waals surface area contributed by atoms with Crippen LogP contribution >= 0.6 is 24.8 Å². The van der Waals surface area contributed by atoms with E-state index in [2.05, 4.69) is 6.07 Å². The van der Waals surface area contributed by atoms with Crippen LogP contribution in [0.3, 0.4) is 0 Å². The van der Waals surface area contributed by atoms with Gasteiger partial charge in [0.1, 0.15) is 11.7 Å². The molecule has 1 aromatic carbocycles. The number of hydrogen-bond acceptors (Lipinski definition) is 2. The molecule has 1 radical (unpaired) electrons. The molecule has 0 unspecified atom stereocenters. The largest absolute Gasteiger partial charge is 0.384 e. The predicted molar refractivity (Wildman–Crippen MR) is 61.8 cm³/mol. The average Bonchev–Trinajstić information content (AvgIpc) is 2.04. The van der Waals surface area contributed by atoms with Crippen molar-refractivity contribution in [1.29, 1.82) is 10.8 Å². The van der Waals surface area contributed by atoms with Crippen LogP contribution in [0.4, 0.5) is 0 Å². The molecule has 0 aliphatic heterocycles. The minimum absolute atomic E-state index is 0. The lowest BCUT2D eigenvalue weighted by Crippen LogP contribution is -2.15. The smallest absolute Gasteiger partial charge is 0.122 e. The summed E-state index contributed by atoms with van der Waals surface area (Å²) in [7, 11) is 0. The second-order valence-electron chi connectivity index (χ2n) is 2.34. The van der Waals surface area contributed by atoms with Gasteiger partial charge in [0.15, 0.2) is 0 Å². The lowest BCUT2D eigenvalue weighted by Gasteiger charge is -2.00. The van der Waals surface area contributed by atoms with E-state index in [0.717, 1.165) is 0 Å². The van der Waals surface area contributed by atoms with Gasteiger partial charge in [0, 0.05) is 11.1 Å². The minimum atomic E-state index is -0.0469. The van der Waals surface area contributed by atoms with Crippen molar-refractivity contribution >= 4 is 36.5 Å². The van der Waals surface area contributed by atoms with E-state index in [0.29, 0.717) is 11.1 Å². The molecule has 14 heavy (non-hydrogen) atoms. The predicted octanol–water partition coefficient (Wildman–Crippen LogP) is 0.899. The maximum Gasteiger partial charge on any atom is 0.122 e. The summed E-state index contributed by atoms with van der Waals surface area (Å²) in [4.78, 5) is 0. The Morgan fingerprint density at radius 2 is 1.36 bits per heavy atom. The molecule has 0 heterocycles. The van der Waals surface area contributed by atoms with E-state index in [1.165, 1.54) is 0 Å². The monoisotopic (exact) mass is 233 g/mol. The third-order valence-corrected chi connectivity index (χ3v) is 1.41. The molecular weight excluding hydrogens is 223 g/mol. The van der Waals surface area contributed by atoms with Crippen molar-refractivity contribution in [2.75, 3.05) is 0 Å². The molecule has 0 amide bonds. The zero-order chi connectivity index (χ0) is 9.14. The lowest BCUT2D eigenvalue weighted by atomic mass is 10.1. The topological polar surface area (TPSA) is 99.7 Å². The Hall–Kier alpha value is -1.26. The Kier molecular flexibility index (Phi) is 6.78. The molecule has 77 valence electrons. The summed E-state index contributed by atoms with van der Waals surface area (Å²) in [5.41, 5.74) is 11.5. The van der Waals surface area contributed by atoms with Gasteiger partial charge in [-0.2, -0.15) is 0 Å². The van der Waals surface area contributed by atoms with E-state index in [4.69, 9.17) is 22.3 Å². The van der Waals surface area contributed by atoms with Gasteiger partial charge in [-0.05, 0) is 24.3 Å². The number of hydrogen-bond donors (Lipinski definition) is 4. The van der Waals surface area contributed by atoms with Crippen LogP contribution in [-0.4, -0.2) is 11.7 Å². The molecule has 0 fully saturated rings. The summed E-state index contributed by atoms with van der Waals surface area (Å²) >= 11 is 0. The fourth-order valence-corrected chi connectivity index (χ4v) is 0.783. The summed E-state index contributed by atoms with van der Waals surface area (Å²) in [5.74, 6) is -0.0938. The van der Waals surface area contributed by atoms with E-state index in [-0.39, 0.29) is 36.5 Å². The van der Waals surface area contributed by atoms with Crippen molar-refractivity contribution in [2.45, 2.75) is 0 Å². The van der Waals surface area contributed by atoms with E-state index in [1.807, 2.05) is 0 Å². The quantitative estimate of drug-likeness (QED) is 0.451. The first-order valence-electron chi connectivity index (χ1n) is 3.31. The van der Waals surface area contributed by atoms with Crippen molar-refractivity contribution in [3.63, 3.8) is 0 Å². The van der Waals surface area contributed by atoms with E-state index in [1.54, 1.807) is 18.2 Å². The molecule has 0 saturated heterocycles. The number of nitrogen functional groups attached to an aromatic ring is 2. The van der Waals surface area contributed by atoms with Gasteiger partial charge in [-0.25, -0.2) is 0 Å². The second-order valence-corrected chi connectivity index (χ2v) is 2.34. The van der Waals surface area contributed by atoms with Crippen LogP contribution in [0.2, 0.25) is 0 Å².